The van der Waals surface area contributed by atoms with Crippen molar-refractivity contribution >= 4 is 38.9 Å². The van der Waals surface area contributed by atoms with Crippen molar-refractivity contribution in [1.82, 2.24) is 4.57 Å². The normalized spacial score (nSPS) is 14.4. The van der Waals surface area contributed by atoms with Gasteiger partial charge in [0.05, 0.1) is 22.4 Å². The summed E-state index contributed by atoms with van der Waals surface area (Å²) in [6, 6.07) is 67.6. The molecule has 0 radical (unpaired) electrons. The highest BCUT2D eigenvalue weighted by Crippen LogP contribution is 2.56. The molecular formula is C54H42N2. The van der Waals surface area contributed by atoms with Crippen LogP contribution in [0.15, 0.2) is 182 Å². The van der Waals surface area contributed by atoms with E-state index in [1.54, 1.807) is 0 Å². The predicted molar refractivity (Wildman–Crippen MR) is 236 cm³/mol. The molecule has 0 N–H and O–H groups in total. The number of para-hydroxylation sites is 4. The lowest BCUT2D eigenvalue weighted by Gasteiger charge is -2.31. The third-order valence-corrected chi connectivity index (χ3v) is 12.8. The fraction of sp³-hybridized carbons (Fsp3) is 0.111. The molecule has 1 heterocycles. The molecule has 0 atom stereocenters. The van der Waals surface area contributed by atoms with Crippen LogP contribution in [0.2, 0.25) is 0 Å². The lowest BCUT2D eigenvalue weighted by molar-refractivity contribution is 0.660. The largest absolute Gasteiger partial charge is 0.309 e. The Balaban J connectivity index is 1.23. The summed E-state index contributed by atoms with van der Waals surface area (Å²) in [6.45, 7) is 9.47. The highest BCUT2D eigenvalue weighted by molar-refractivity contribution is 6.15. The van der Waals surface area contributed by atoms with E-state index in [9.17, 15) is 0 Å². The average Bonchev–Trinajstić information content (AvgIpc) is 3.79. The first kappa shape index (κ1) is 32.8. The highest BCUT2D eigenvalue weighted by Gasteiger charge is 2.39. The average molecular weight is 719 g/mol. The molecule has 11 rings (SSSR count). The summed E-state index contributed by atoms with van der Waals surface area (Å²) in [5.41, 5.74) is 20.0. The SMILES string of the molecule is CC1(C)c2ccccc2-c2cc(N(c3ccccc3-c3cccc4c5ccccc5n(-c5ccccc5)c34)c3cccc4c3-c3ccccc3C4(C)C)ccc21. The standard InChI is InChI=1S/C54H42N2/c1-53(2)44-26-12-8-20-37(44)43-34-36(32-33-46(43)53)55(50-31-17-28-47-51(50)42-23-9-13-27-45(42)54(47,3)4)48-29-14-10-21-38(48)40-24-16-25-41-39-22-11-15-30-49(39)56(52(40)41)35-18-6-5-7-19-35/h5-34H,1-4H3. The first-order chi connectivity index (χ1) is 27.3. The van der Waals surface area contributed by atoms with Crippen molar-refractivity contribution in [3.05, 3.63) is 204 Å². The van der Waals surface area contributed by atoms with Gasteiger partial charge in [0.25, 0.3) is 0 Å². The molecule has 2 heteroatoms. The predicted octanol–water partition coefficient (Wildman–Crippen LogP) is 14.5. The molecule has 0 spiro atoms. The molecule has 0 amide bonds. The lowest BCUT2D eigenvalue weighted by atomic mass is 9.82. The topological polar surface area (TPSA) is 8.17 Å². The Kier molecular flexibility index (Phi) is 6.98. The van der Waals surface area contributed by atoms with Crippen molar-refractivity contribution in [3.8, 4) is 39.1 Å². The van der Waals surface area contributed by atoms with Gasteiger partial charge in [-0.1, -0.05) is 167 Å². The third kappa shape index (κ3) is 4.50. The minimum atomic E-state index is -0.129. The molecule has 0 unspecified atom stereocenters. The van der Waals surface area contributed by atoms with Crippen molar-refractivity contribution in [2.75, 3.05) is 4.90 Å². The molecule has 56 heavy (non-hydrogen) atoms. The van der Waals surface area contributed by atoms with E-state index in [-0.39, 0.29) is 10.8 Å². The van der Waals surface area contributed by atoms with Crippen LogP contribution in [0.5, 0.6) is 0 Å². The Morgan fingerprint density at radius 1 is 0.393 bits per heavy atom. The maximum absolute atomic E-state index is 2.55. The molecule has 0 saturated heterocycles. The molecule has 2 nitrogen and oxygen atoms in total. The van der Waals surface area contributed by atoms with Gasteiger partial charge < -0.3 is 9.47 Å². The fourth-order valence-corrected chi connectivity index (χ4v) is 10.2. The molecule has 9 aromatic rings. The van der Waals surface area contributed by atoms with E-state index in [0.717, 1.165) is 17.1 Å². The zero-order valence-corrected chi connectivity index (χ0v) is 32.2. The molecule has 8 aromatic carbocycles. The second kappa shape index (κ2) is 11.9. The van der Waals surface area contributed by atoms with E-state index >= 15 is 0 Å². The van der Waals surface area contributed by atoms with Crippen LogP contribution in [0.4, 0.5) is 17.1 Å². The van der Waals surface area contributed by atoms with Gasteiger partial charge >= 0.3 is 0 Å². The van der Waals surface area contributed by atoms with Crippen molar-refractivity contribution in [3.63, 3.8) is 0 Å². The van der Waals surface area contributed by atoms with Crippen LogP contribution in [-0.4, -0.2) is 4.57 Å². The molecule has 0 bridgehead atoms. The Morgan fingerprint density at radius 3 is 1.77 bits per heavy atom. The number of anilines is 3. The van der Waals surface area contributed by atoms with Crippen molar-refractivity contribution in [2.45, 2.75) is 38.5 Å². The van der Waals surface area contributed by atoms with Crippen molar-refractivity contribution < 1.29 is 0 Å². The number of rotatable bonds is 5. The molecule has 2 aliphatic carbocycles. The minimum absolute atomic E-state index is 0.0787. The highest BCUT2D eigenvalue weighted by atomic mass is 15.1. The van der Waals surface area contributed by atoms with Crippen molar-refractivity contribution in [2.24, 2.45) is 0 Å². The summed E-state index contributed by atoms with van der Waals surface area (Å²) in [6.07, 6.45) is 0. The molecule has 1 aromatic heterocycles. The monoisotopic (exact) mass is 718 g/mol. The first-order valence-electron chi connectivity index (χ1n) is 19.8. The number of hydrogen-bond donors (Lipinski definition) is 0. The van der Waals surface area contributed by atoms with Crippen LogP contribution in [-0.2, 0) is 10.8 Å². The van der Waals surface area contributed by atoms with Crippen LogP contribution in [0.1, 0.15) is 49.9 Å². The second-order valence-electron chi connectivity index (χ2n) is 16.5. The van der Waals surface area contributed by atoms with Gasteiger partial charge in [0.2, 0.25) is 0 Å². The maximum atomic E-state index is 2.55. The van der Waals surface area contributed by atoms with Gasteiger partial charge in [0.15, 0.2) is 0 Å². The Labute approximate surface area is 328 Å². The van der Waals surface area contributed by atoms with Gasteiger partial charge in [0, 0.05) is 49.7 Å². The Bertz CT molecular complexity index is 3030. The van der Waals surface area contributed by atoms with Gasteiger partial charge in [-0.3, -0.25) is 0 Å². The van der Waals surface area contributed by atoms with E-state index in [1.807, 2.05) is 0 Å². The van der Waals surface area contributed by atoms with Crippen LogP contribution >= 0.6 is 0 Å². The van der Waals surface area contributed by atoms with E-state index in [2.05, 4.69) is 219 Å². The smallest absolute Gasteiger partial charge is 0.0620 e. The fourth-order valence-electron chi connectivity index (χ4n) is 10.2. The van der Waals surface area contributed by atoms with Crippen LogP contribution in [0, 0.1) is 0 Å². The zero-order valence-electron chi connectivity index (χ0n) is 32.2. The lowest BCUT2D eigenvalue weighted by Crippen LogP contribution is -2.17. The number of nitrogens with zero attached hydrogens (tertiary/aromatic N) is 2. The maximum Gasteiger partial charge on any atom is 0.0620 e. The van der Waals surface area contributed by atoms with E-state index in [4.69, 9.17) is 0 Å². The zero-order chi connectivity index (χ0) is 37.8. The van der Waals surface area contributed by atoms with E-state index in [1.165, 1.54) is 83.1 Å². The van der Waals surface area contributed by atoms with Gasteiger partial charge in [-0.2, -0.15) is 0 Å². The summed E-state index contributed by atoms with van der Waals surface area (Å²) in [5, 5.41) is 2.50. The van der Waals surface area contributed by atoms with Gasteiger partial charge in [-0.05, 0) is 81.4 Å². The van der Waals surface area contributed by atoms with Crippen LogP contribution in [0.3, 0.4) is 0 Å². The summed E-state index contributed by atoms with van der Waals surface area (Å²) >= 11 is 0. The second-order valence-corrected chi connectivity index (χ2v) is 16.5. The van der Waals surface area contributed by atoms with Crippen LogP contribution in [0.25, 0.3) is 60.9 Å². The molecule has 0 saturated carbocycles. The molecule has 268 valence electrons. The summed E-state index contributed by atoms with van der Waals surface area (Å²) in [4.78, 5) is 2.55. The summed E-state index contributed by atoms with van der Waals surface area (Å²) < 4.78 is 2.45. The number of benzene rings is 8. The van der Waals surface area contributed by atoms with E-state index in [0.29, 0.717) is 0 Å². The third-order valence-electron chi connectivity index (χ3n) is 12.8. The van der Waals surface area contributed by atoms with Gasteiger partial charge in [-0.25, -0.2) is 0 Å². The summed E-state index contributed by atoms with van der Waals surface area (Å²) in [7, 11) is 0. The van der Waals surface area contributed by atoms with Crippen LogP contribution < -0.4 is 4.90 Å². The first-order valence-corrected chi connectivity index (χ1v) is 19.8. The van der Waals surface area contributed by atoms with Crippen molar-refractivity contribution in [1.29, 1.82) is 0 Å². The minimum Gasteiger partial charge on any atom is -0.309 e. The number of hydrogen-bond acceptors (Lipinski definition) is 1. The quantitative estimate of drug-likeness (QED) is 0.172. The Morgan fingerprint density at radius 2 is 0.946 bits per heavy atom. The summed E-state index contributed by atoms with van der Waals surface area (Å²) in [5.74, 6) is 0. The van der Waals surface area contributed by atoms with Gasteiger partial charge in [-0.15, -0.1) is 0 Å². The molecule has 2 aliphatic rings. The van der Waals surface area contributed by atoms with Gasteiger partial charge in [0.1, 0.15) is 0 Å². The number of fused-ring (bicyclic) bond motifs is 9. The molecular weight excluding hydrogens is 677 g/mol. The molecule has 0 aliphatic heterocycles. The van der Waals surface area contributed by atoms with E-state index < -0.39 is 0 Å². The number of aromatic nitrogens is 1. The molecule has 0 fully saturated rings. The Hall–Kier alpha value is -6.64.